The number of benzene rings is 1. The summed E-state index contributed by atoms with van der Waals surface area (Å²) >= 11 is 0. The van der Waals surface area contributed by atoms with Gasteiger partial charge in [-0.3, -0.25) is 0 Å². The smallest absolute Gasteiger partial charge is 0.175 e. The summed E-state index contributed by atoms with van der Waals surface area (Å²) in [5, 5.41) is 3.40. The number of sulfone groups is 1. The van der Waals surface area contributed by atoms with Crippen molar-refractivity contribution in [2.24, 2.45) is 0 Å². The molecule has 2 atom stereocenters. The lowest BCUT2D eigenvalue weighted by Gasteiger charge is -2.40. The molecule has 20 heavy (non-hydrogen) atoms. The molecule has 0 spiro atoms. The first-order valence-corrected chi connectivity index (χ1v) is 9.14. The zero-order valence-electron chi connectivity index (χ0n) is 12.0. The molecule has 2 saturated heterocycles. The lowest BCUT2D eigenvalue weighted by Crippen LogP contribution is -2.48. The Morgan fingerprint density at radius 2 is 1.65 bits per heavy atom. The summed E-state index contributed by atoms with van der Waals surface area (Å²) < 4.78 is 23.0. The van der Waals surface area contributed by atoms with Crippen molar-refractivity contribution in [3.8, 4) is 0 Å². The molecule has 110 valence electrons. The molecule has 2 unspecified atom stereocenters. The van der Waals surface area contributed by atoms with E-state index in [9.17, 15) is 8.42 Å². The first-order valence-electron chi connectivity index (χ1n) is 7.25. The van der Waals surface area contributed by atoms with Crippen LogP contribution in [0.1, 0.15) is 25.7 Å². The second-order valence-electron chi connectivity index (χ2n) is 6.02. The van der Waals surface area contributed by atoms with Gasteiger partial charge >= 0.3 is 0 Å². The highest BCUT2D eigenvalue weighted by Crippen LogP contribution is 2.39. The minimum Gasteiger partial charge on any atom is -0.365 e. The number of piperidine rings is 1. The Morgan fingerprint density at radius 1 is 1.10 bits per heavy atom. The normalized spacial score (nSPS) is 29.7. The molecular formula is C15H22N2O2S. The molecule has 2 bridgehead atoms. The lowest BCUT2D eigenvalue weighted by atomic mass is 9.97. The third kappa shape index (κ3) is 2.44. The Bertz CT molecular complexity index is 568. The third-order valence-electron chi connectivity index (χ3n) is 4.70. The largest absolute Gasteiger partial charge is 0.365 e. The predicted octanol–water partition coefficient (Wildman–Crippen LogP) is 1.81. The molecule has 2 heterocycles. The topological polar surface area (TPSA) is 49.4 Å². The molecule has 2 aliphatic rings. The second kappa shape index (κ2) is 5.04. The van der Waals surface area contributed by atoms with E-state index in [-0.39, 0.29) is 0 Å². The van der Waals surface area contributed by atoms with Gasteiger partial charge in [0.2, 0.25) is 0 Å². The molecule has 0 amide bonds. The van der Waals surface area contributed by atoms with Crippen molar-refractivity contribution in [1.82, 2.24) is 5.32 Å². The van der Waals surface area contributed by atoms with Crippen LogP contribution in [0.25, 0.3) is 0 Å². The van der Waals surface area contributed by atoms with E-state index in [0.29, 0.717) is 23.0 Å². The maximum atomic E-state index is 11.5. The van der Waals surface area contributed by atoms with E-state index >= 15 is 0 Å². The van der Waals surface area contributed by atoms with Gasteiger partial charge in [0.1, 0.15) is 0 Å². The fourth-order valence-corrected chi connectivity index (χ4v) is 4.33. The van der Waals surface area contributed by atoms with E-state index < -0.39 is 9.84 Å². The Hall–Kier alpha value is -1.07. The van der Waals surface area contributed by atoms with Gasteiger partial charge < -0.3 is 10.2 Å². The summed E-state index contributed by atoms with van der Waals surface area (Å²) in [6.45, 7) is 0. The molecule has 2 fully saturated rings. The first kappa shape index (κ1) is 13.9. The number of nitrogens with one attached hydrogen (secondary N) is 1. The highest BCUT2D eigenvalue weighted by Gasteiger charge is 2.40. The fraction of sp³-hybridized carbons (Fsp3) is 0.600. The molecule has 1 N–H and O–H groups in total. The standard InChI is InChI=1S/C15H22N2O2S/c1-16-11-9-13-3-4-14(10-11)17(13)12-5-7-15(8-6-12)20(2,18)19/h5-8,11,13-14,16H,3-4,9-10H2,1-2H3. The predicted molar refractivity (Wildman–Crippen MR) is 80.9 cm³/mol. The van der Waals surface area contributed by atoms with Crippen LogP contribution in [0.5, 0.6) is 0 Å². The van der Waals surface area contributed by atoms with Crippen LogP contribution in [-0.4, -0.2) is 39.8 Å². The van der Waals surface area contributed by atoms with E-state index in [2.05, 4.69) is 10.2 Å². The third-order valence-corrected chi connectivity index (χ3v) is 5.83. The second-order valence-corrected chi connectivity index (χ2v) is 8.03. The van der Waals surface area contributed by atoms with Gasteiger partial charge in [0, 0.05) is 30.1 Å². The van der Waals surface area contributed by atoms with Crippen LogP contribution < -0.4 is 10.2 Å². The molecule has 0 aromatic heterocycles. The molecule has 5 heteroatoms. The highest BCUT2D eigenvalue weighted by atomic mass is 32.2. The van der Waals surface area contributed by atoms with Crippen LogP contribution in [0, 0.1) is 0 Å². The zero-order chi connectivity index (χ0) is 14.3. The number of anilines is 1. The van der Waals surface area contributed by atoms with Gasteiger partial charge in [-0.15, -0.1) is 0 Å². The number of rotatable bonds is 3. The Balaban J connectivity index is 1.84. The molecule has 4 nitrogen and oxygen atoms in total. The molecular weight excluding hydrogens is 272 g/mol. The lowest BCUT2D eigenvalue weighted by molar-refractivity contribution is 0.374. The van der Waals surface area contributed by atoms with Gasteiger partial charge in [0.15, 0.2) is 9.84 Å². The molecule has 1 aromatic carbocycles. The number of fused-ring (bicyclic) bond motifs is 2. The fourth-order valence-electron chi connectivity index (χ4n) is 3.70. The van der Waals surface area contributed by atoms with Crippen molar-refractivity contribution < 1.29 is 8.42 Å². The van der Waals surface area contributed by atoms with Gasteiger partial charge in [-0.25, -0.2) is 8.42 Å². The van der Waals surface area contributed by atoms with Crippen molar-refractivity contribution in [3.05, 3.63) is 24.3 Å². The zero-order valence-corrected chi connectivity index (χ0v) is 12.9. The number of hydrogen-bond donors (Lipinski definition) is 1. The van der Waals surface area contributed by atoms with E-state index in [0.717, 1.165) is 0 Å². The van der Waals surface area contributed by atoms with Crippen LogP contribution in [0.15, 0.2) is 29.2 Å². The van der Waals surface area contributed by atoms with Gasteiger partial charge in [0.05, 0.1) is 4.90 Å². The number of nitrogens with zero attached hydrogens (tertiary/aromatic N) is 1. The van der Waals surface area contributed by atoms with Crippen LogP contribution in [0.3, 0.4) is 0 Å². The van der Waals surface area contributed by atoms with E-state index in [1.54, 1.807) is 12.1 Å². The minimum absolute atomic E-state index is 0.402. The Kier molecular flexibility index (Phi) is 3.50. The van der Waals surface area contributed by atoms with Gasteiger partial charge in [0.25, 0.3) is 0 Å². The highest BCUT2D eigenvalue weighted by molar-refractivity contribution is 7.90. The van der Waals surface area contributed by atoms with Gasteiger partial charge in [-0.05, 0) is 57.0 Å². The van der Waals surface area contributed by atoms with Crippen molar-refractivity contribution in [1.29, 1.82) is 0 Å². The molecule has 0 aliphatic carbocycles. The summed E-state index contributed by atoms with van der Waals surface area (Å²) in [5.41, 5.74) is 1.17. The molecule has 0 radical (unpaired) electrons. The maximum absolute atomic E-state index is 11.5. The molecule has 3 rings (SSSR count). The average molecular weight is 294 g/mol. The molecule has 1 aromatic rings. The summed E-state index contributed by atoms with van der Waals surface area (Å²) in [6, 6.07) is 9.19. The minimum atomic E-state index is -3.10. The van der Waals surface area contributed by atoms with Crippen molar-refractivity contribution in [3.63, 3.8) is 0 Å². The molecule has 2 aliphatic heterocycles. The van der Waals surface area contributed by atoms with Crippen LogP contribution in [-0.2, 0) is 9.84 Å². The summed E-state index contributed by atoms with van der Waals surface area (Å²) in [6.07, 6.45) is 6.11. The quantitative estimate of drug-likeness (QED) is 0.923. The van der Waals surface area contributed by atoms with Crippen LogP contribution >= 0.6 is 0 Å². The first-order chi connectivity index (χ1) is 9.49. The summed E-state index contributed by atoms with van der Waals surface area (Å²) in [5.74, 6) is 0. The SMILES string of the molecule is CNC1CC2CCC(C1)N2c1ccc(S(C)(=O)=O)cc1. The maximum Gasteiger partial charge on any atom is 0.175 e. The van der Waals surface area contributed by atoms with Crippen LogP contribution in [0.4, 0.5) is 5.69 Å². The van der Waals surface area contributed by atoms with E-state index in [1.165, 1.54) is 37.6 Å². The van der Waals surface area contributed by atoms with E-state index in [4.69, 9.17) is 0 Å². The van der Waals surface area contributed by atoms with Crippen molar-refractivity contribution in [2.45, 2.75) is 48.7 Å². The van der Waals surface area contributed by atoms with Crippen molar-refractivity contribution in [2.75, 3.05) is 18.2 Å². The van der Waals surface area contributed by atoms with Crippen LogP contribution in [0.2, 0.25) is 0 Å². The Morgan fingerprint density at radius 3 is 2.10 bits per heavy atom. The van der Waals surface area contributed by atoms with E-state index in [1.807, 2.05) is 19.2 Å². The van der Waals surface area contributed by atoms with Gasteiger partial charge in [-0.2, -0.15) is 0 Å². The average Bonchev–Trinajstić information content (AvgIpc) is 2.68. The Labute approximate surface area is 121 Å². The molecule has 0 saturated carbocycles. The van der Waals surface area contributed by atoms with Gasteiger partial charge in [-0.1, -0.05) is 0 Å². The van der Waals surface area contributed by atoms with Crippen molar-refractivity contribution >= 4 is 15.5 Å². The monoisotopic (exact) mass is 294 g/mol. The summed E-state index contributed by atoms with van der Waals surface area (Å²) in [4.78, 5) is 2.90. The summed E-state index contributed by atoms with van der Waals surface area (Å²) in [7, 11) is -1.06. The number of hydrogen-bond acceptors (Lipinski definition) is 4.